The Morgan fingerprint density at radius 1 is 1.60 bits per heavy atom. The number of ether oxygens (including phenoxy) is 1. The van der Waals surface area contributed by atoms with Gasteiger partial charge in [0.05, 0.1) is 6.10 Å². The van der Waals surface area contributed by atoms with E-state index in [1.54, 1.807) is 0 Å². The molecule has 86 valence electrons. The predicted molar refractivity (Wildman–Crippen MR) is 48.7 cm³/mol. The number of aliphatic carboxylic acids is 1. The number of aliphatic hydroxyl groups is 2. The van der Waals surface area contributed by atoms with Gasteiger partial charge in [0, 0.05) is 18.9 Å². The summed E-state index contributed by atoms with van der Waals surface area (Å²) in [5, 5.41) is 27.2. The predicted octanol–water partition coefficient (Wildman–Crippen LogP) is -1.64. The number of hydrogen-bond acceptors (Lipinski definition) is 5. The van der Waals surface area contributed by atoms with Gasteiger partial charge in [0.1, 0.15) is 5.54 Å². The molecule has 0 bridgehead atoms. The van der Waals surface area contributed by atoms with Crippen molar-refractivity contribution in [3.8, 4) is 0 Å². The molecule has 2 rings (SSSR count). The second-order valence-corrected chi connectivity index (χ2v) is 4.38. The standard InChI is InChI=1S/C9H15NO5/c1-15-4-2-3-5(7(11)12)6(3)9(4,10)8(13)14/h3-7,11-12H,2,10H2,1H3,(H,13,14). The average Bonchev–Trinajstić information content (AvgIpc) is 2.80. The topological polar surface area (TPSA) is 113 Å². The zero-order chi connectivity index (χ0) is 11.4. The van der Waals surface area contributed by atoms with Crippen LogP contribution in [0.1, 0.15) is 6.42 Å². The van der Waals surface area contributed by atoms with E-state index in [0.29, 0.717) is 6.42 Å². The molecule has 2 fully saturated rings. The minimum absolute atomic E-state index is 0.0453. The molecule has 0 saturated heterocycles. The highest BCUT2D eigenvalue weighted by atomic mass is 16.5. The van der Waals surface area contributed by atoms with Gasteiger partial charge in [0.25, 0.3) is 0 Å². The fourth-order valence-corrected chi connectivity index (χ4v) is 3.01. The average molecular weight is 217 g/mol. The molecule has 0 radical (unpaired) electrons. The van der Waals surface area contributed by atoms with Gasteiger partial charge in [-0.3, -0.25) is 4.79 Å². The molecule has 0 aromatic rings. The smallest absolute Gasteiger partial charge is 0.326 e. The van der Waals surface area contributed by atoms with Crippen LogP contribution in [0.4, 0.5) is 0 Å². The first-order valence-electron chi connectivity index (χ1n) is 4.85. The molecule has 0 spiro atoms. The summed E-state index contributed by atoms with van der Waals surface area (Å²) in [5.74, 6) is -1.99. The van der Waals surface area contributed by atoms with Crippen LogP contribution in [0.3, 0.4) is 0 Å². The second-order valence-electron chi connectivity index (χ2n) is 4.38. The maximum atomic E-state index is 11.1. The van der Waals surface area contributed by atoms with Crippen molar-refractivity contribution >= 4 is 5.97 Å². The Morgan fingerprint density at radius 3 is 2.60 bits per heavy atom. The zero-order valence-electron chi connectivity index (χ0n) is 8.33. The lowest BCUT2D eigenvalue weighted by Crippen LogP contribution is -2.58. The van der Waals surface area contributed by atoms with Gasteiger partial charge in [0.2, 0.25) is 0 Å². The summed E-state index contributed by atoms with van der Waals surface area (Å²) in [6.07, 6.45) is -1.55. The molecule has 2 saturated carbocycles. The Hall–Kier alpha value is -0.690. The Labute approximate surface area is 86.6 Å². The third kappa shape index (κ3) is 1.22. The molecule has 6 nitrogen and oxygen atoms in total. The Bertz CT molecular complexity index is 294. The van der Waals surface area contributed by atoms with Crippen LogP contribution in [-0.2, 0) is 9.53 Å². The van der Waals surface area contributed by atoms with Crippen LogP contribution in [0, 0.1) is 17.8 Å². The number of hydrogen-bond donors (Lipinski definition) is 4. The number of carboxylic acid groups (broad SMARTS) is 1. The van der Waals surface area contributed by atoms with E-state index in [-0.39, 0.29) is 11.8 Å². The van der Waals surface area contributed by atoms with Crippen molar-refractivity contribution in [2.45, 2.75) is 24.4 Å². The van der Waals surface area contributed by atoms with E-state index >= 15 is 0 Å². The normalized spacial score (nSPS) is 48.1. The van der Waals surface area contributed by atoms with Gasteiger partial charge in [-0.05, 0) is 12.3 Å². The number of fused-ring (bicyclic) bond motifs is 1. The fraction of sp³-hybridized carbons (Fsp3) is 0.889. The van der Waals surface area contributed by atoms with Crippen LogP contribution in [0.2, 0.25) is 0 Å². The van der Waals surface area contributed by atoms with Crippen molar-refractivity contribution in [3.63, 3.8) is 0 Å². The monoisotopic (exact) mass is 217 g/mol. The molecule has 0 amide bonds. The molecule has 5 unspecified atom stereocenters. The van der Waals surface area contributed by atoms with Crippen molar-refractivity contribution in [1.29, 1.82) is 0 Å². The van der Waals surface area contributed by atoms with Crippen LogP contribution in [0.5, 0.6) is 0 Å². The highest BCUT2D eigenvalue weighted by Crippen LogP contribution is 2.62. The third-order valence-corrected chi connectivity index (χ3v) is 3.80. The van der Waals surface area contributed by atoms with Gasteiger partial charge in [-0.15, -0.1) is 0 Å². The Kier molecular flexibility index (Phi) is 2.27. The van der Waals surface area contributed by atoms with Crippen LogP contribution in [0.15, 0.2) is 0 Å². The molecule has 5 N–H and O–H groups in total. The van der Waals surface area contributed by atoms with E-state index in [9.17, 15) is 4.79 Å². The van der Waals surface area contributed by atoms with Crippen molar-refractivity contribution in [3.05, 3.63) is 0 Å². The van der Waals surface area contributed by atoms with Crippen LogP contribution >= 0.6 is 0 Å². The molecule has 5 atom stereocenters. The highest BCUT2D eigenvalue weighted by Gasteiger charge is 2.73. The van der Waals surface area contributed by atoms with Crippen molar-refractivity contribution in [2.75, 3.05) is 7.11 Å². The first-order chi connectivity index (χ1) is 6.94. The second kappa shape index (κ2) is 3.15. The first kappa shape index (κ1) is 10.8. The molecule has 0 aromatic carbocycles. The van der Waals surface area contributed by atoms with Gasteiger partial charge in [-0.25, -0.2) is 0 Å². The van der Waals surface area contributed by atoms with Crippen molar-refractivity contribution < 1.29 is 24.9 Å². The van der Waals surface area contributed by atoms with Crippen LogP contribution in [-0.4, -0.2) is 46.3 Å². The lowest BCUT2D eigenvalue weighted by molar-refractivity contribution is -0.151. The summed E-state index contributed by atoms with van der Waals surface area (Å²) >= 11 is 0. The third-order valence-electron chi connectivity index (χ3n) is 3.80. The van der Waals surface area contributed by atoms with E-state index in [1.165, 1.54) is 7.11 Å². The lowest BCUT2D eigenvalue weighted by atomic mass is 9.89. The number of aliphatic hydroxyl groups excluding tert-OH is 1. The van der Waals surface area contributed by atoms with Gasteiger partial charge in [0.15, 0.2) is 6.29 Å². The summed E-state index contributed by atoms with van der Waals surface area (Å²) in [4.78, 5) is 11.1. The molecule has 15 heavy (non-hydrogen) atoms. The molecule has 2 aliphatic rings. The van der Waals surface area contributed by atoms with Crippen molar-refractivity contribution in [1.82, 2.24) is 0 Å². The number of methoxy groups -OCH3 is 1. The Morgan fingerprint density at radius 2 is 2.20 bits per heavy atom. The molecular weight excluding hydrogens is 202 g/mol. The maximum Gasteiger partial charge on any atom is 0.326 e. The van der Waals surface area contributed by atoms with E-state index < -0.39 is 29.8 Å². The molecule has 0 heterocycles. The minimum atomic E-state index is -1.49. The summed E-state index contributed by atoms with van der Waals surface area (Å²) < 4.78 is 5.05. The quantitative estimate of drug-likeness (QED) is 0.422. The van der Waals surface area contributed by atoms with Gasteiger partial charge in [-0.2, -0.15) is 0 Å². The SMILES string of the molecule is COC1CC2C(C(O)O)C2C1(N)C(=O)O. The fourth-order valence-electron chi connectivity index (χ4n) is 3.01. The van der Waals surface area contributed by atoms with Crippen molar-refractivity contribution in [2.24, 2.45) is 23.5 Å². The number of rotatable bonds is 3. The number of carboxylic acids is 1. The minimum Gasteiger partial charge on any atom is -0.480 e. The van der Waals surface area contributed by atoms with E-state index in [0.717, 1.165) is 0 Å². The van der Waals surface area contributed by atoms with Gasteiger partial charge in [-0.1, -0.05) is 0 Å². The summed E-state index contributed by atoms with van der Waals surface area (Å²) in [5.41, 5.74) is 4.34. The van der Waals surface area contributed by atoms with Crippen LogP contribution in [0.25, 0.3) is 0 Å². The first-order valence-corrected chi connectivity index (χ1v) is 4.85. The largest absolute Gasteiger partial charge is 0.480 e. The molecule has 6 heteroatoms. The zero-order valence-corrected chi connectivity index (χ0v) is 8.33. The molecular formula is C9H15NO5. The Balaban J connectivity index is 2.22. The summed E-state index contributed by atoms with van der Waals surface area (Å²) in [6, 6.07) is 0. The lowest BCUT2D eigenvalue weighted by Gasteiger charge is -2.30. The maximum absolute atomic E-state index is 11.1. The number of carbonyl (C=O) groups is 1. The van der Waals surface area contributed by atoms with E-state index in [4.69, 9.17) is 25.8 Å². The number of nitrogens with two attached hydrogens (primary N) is 1. The van der Waals surface area contributed by atoms with Crippen LogP contribution < -0.4 is 5.73 Å². The van der Waals surface area contributed by atoms with Gasteiger partial charge >= 0.3 is 5.97 Å². The molecule has 0 aromatic heterocycles. The summed E-state index contributed by atoms with van der Waals surface area (Å²) in [6.45, 7) is 0. The van der Waals surface area contributed by atoms with E-state index in [2.05, 4.69) is 0 Å². The summed E-state index contributed by atoms with van der Waals surface area (Å²) in [7, 11) is 1.42. The van der Waals surface area contributed by atoms with Gasteiger partial charge < -0.3 is 25.8 Å². The molecule has 0 aliphatic heterocycles. The van der Waals surface area contributed by atoms with E-state index in [1.807, 2.05) is 0 Å². The highest BCUT2D eigenvalue weighted by molar-refractivity contribution is 5.81. The molecule has 2 aliphatic carbocycles.